The Kier molecular flexibility index (Phi) is 4.21. The minimum atomic E-state index is -0.234. The molecule has 0 aliphatic heterocycles. The van der Waals surface area contributed by atoms with E-state index in [4.69, 9.17) is 16.3 Å². The number of rotatable bonds is 4. The normalized spacial score (nSPS) is 10.4. The van der Waals surface area contributed by atoms with Gasteiger partial charge in [0.05, 0.1) is 11.9 Å². The van der Waals surface area contributed by atoms with Crippen molar-refractivity contribution in [2.24, 2.45) is 0 Å². The van der Waals surface area contributed by atoms with Gasteiger partial charge in [-0.3, -0.25) is 4.79 Å². The van der Waals surface area contributed by atoms with Crippen LogP contribution in [0, 0.1) is 0 Å². The summed E-state index contributed by atoms with van der Waals surface area (Å²) < 4.78 is 5.85. The average molecular weight is 313 g/mol. The summed E-state index contributed by atoms with van der Waals surface area (Å²) in [5.41, 5.74) is 1.86. The lowest BCUT2D eigenvalue weighted by Gasteiger charge is -2.11. The average Bonchev–Trinajstić information content (AvgIpc) is 2.55. The van der Waals surface area contributed by atoms with E-state index in [1.54, 1.807) is 18.2 Å². The van der Waals surface area contributed by atoms with Crippen LogP contribution in [0.4, 0.5) is 0 Å². The molecule has 0 saturated heterocycles. The lowest BCUT2D eigenvalue weighted by Crippen LogP contribution is -2.09. The summed E-state index contributed by atoms with van der Waals surface area (Å²) in [6.45, 7) is 0.410. The Bertz CT molecular complexity index is 831. The second kappa shape index (κ2) is 6.45. The highest BCUT2D eigenvalue weighted by atomic mass is 35.5. The van der Waals surface area contributed by atoms with E-state index in [9.17, 15) is 4.79 Å². The fourth-order valence-electron chi connectivity index (χ4n) is 2.11. The highest BCUT2D eigenvalue weighted by molar-refractivity contribution is 6.31. The Labute approximate surface area is 132 Å². The number of aromatic amines is 1. The largest absolute Gasteiger partial charge is 0.488 e. The summed E-state index contributed by atoms with van der Waals surface area (Å²) in [7, 11) is 0. The number of ether oxygens (including phenoxy) is 1. The molecule has 0 amide bonds. The summed E-state index contributed by atoms with van der Waals surface area (Å²) in [5, 5.41) is 0.533. The van der Waals surface area contributed by atoms with Crippen molar-refractivity contribution < 1.29 is 4.74 Å². The number of H-pyrrole nitrogens is 1. The van der Waals surface area contributed by atoms with Gasteiger partial charge in [-0.25, -0.2) is 4.98 Å². The zero-order valence-corrected chi connectivity index (χ0v) is 12.4. The first-order valence-corrected chi connectivity index (χ1v) is 7.11. The maximum absolute atomic E-state index is 12.0. The molecule has 22 heavy (non-hydrogen) atoms. The van der Waals surface area contributed by atoms with Crippen LogP contribution >= 0.6 is 11.6 Å². The molecular formula is C17H13ClN2O2. The van der Waals surface area contributed by atoms with Crippen LogP contribution in [0.5, 0.6) is 5.75 Å². The number of nitrogens with zero attached hydrogens (tertiary/aromatic N) is 1. The number of hydrogen-bond donors (Lipinski definition) is 1. The van der Waals surface area contributed by atoms with Crippen molar-refractivity contribution in [1.29, 1.82) is 0 Å². The molecule has 2 aromatic carbocycles. The highest BCUT2D eigenvalue weighted by Gasteiger charge is 2.11. The third-order valence-electron chi connectivity index (χ3n) is 3.19. The van der Waals surface area contributed by atoms with Gasteiger partial charge in [0.2, 0.25) is 0 Å². The van der Waals surface area contributed by atoms with Crippen molar-refractivity contribution in [3.8, 4) is 16.9 Å². The minimum Gasteiger partial charge on any atom is -0.488 e. The third-order valence-corrected chi connectivity index (χ3v) is 3.42. The zero-order chi connectivity index (χ0) is 15.4. The molecule has 1 heterocycles. The van der Waals surface area contributed by atoms with Crippen molar-refractivity contribution in [2.45, 2.75) is 6.61 Å². The quantitative estimate of drug-likeness (QED) is 0.799. The summed E-state index contributed by atoms with van der Waals surface area (Å²) in [6.07, 6.45) is 2.85. The van der Waals surface area contributed by atoms with Crippen molar-refractivity contribution >= 4 is 11.6 Å². The maximum atomic E-state index is 12.0. The van der Waals surface area contributed by atoms with Crippen molar-refractivity contribution in [1.82, 2.24) is 9.97 Å². The monoisotopic (exact) mass is 312 g/mol. The summed E-state index contributed by atoms with van der Waals surface area (Å²) in [6, 6.07) is 15.0. The van der Waals surface area contributed by atoms with Crippen molar-refractivity contribution in [3.63, 3.8) is 0 Å². The second-order valence-electron chi connectivity index (χ2n) is 4.71. The topological polar surface area (TPSA) is 55.0 Å². The van der Waals surface area contributed by atoms with Gasteiger partial charge in [-0.2, -0.15) is 0 Å². The minimum absolute atomic E-state index is 0.234. The fourth-order valence-corrected chi connectivity index (χ4v) is 2.28. The molecule has 1 aromatic heterocycles. The molecular weight excluding hydrogens is 300 g/mol. The van der Waals surface area contributed by atoms with Gasteiger partial charge in [0.1, 0.15) is 12.4 Å². The van der Waals surface area contributed by atoms with Crippen LogP contribution in [0.1, 0.15) is 5.56 Å². The Morgan fingerprint density at radius 3 is 2.68 bits per heavy atom. The first-order chi connectivity index (χ1) is 10.7. The molecule has 0 aliphatic carbocycles. The number of hydrogen-bond acceptors (Lipinski definition) is 3. The van der Waals surface area contributed by atoms with Crippen LogP contribution < -0.4 is 10.3 Å². The van der Waals surface area contributed by atoms with Gasteiger partial charge < -0.3 is 9.72 Å². The van der Waals surface area contributed by atoms with Crippen LogP contribution in [0.15, 0.2) is 65.8 Å². The molecule has 5 heteroatoms. The Morgan fingerprint density at radius 1 is 1.09 bits per heavy atom. The standard InChI is InChI=1S/C17H13ClN2O2/c18-13-6-7-16(22-10-12-4-2-1-3-5-12)14(8-13)15-9-19-11-20-17(15)21/h1-9,11H,10H2,(H,19,20,21). The smallest absolute Gasteiger partial charge is 0.258 e. The van der Waals surface area contributed by atoms with Gasteiger partial charge in [-0.05, 0) is 23.8 Å². The molecule has 0 saturated carbocycles. The summed E-state index contributed by atoms with van der Waals surface area (Å²) in [4.78, 5) is 18.5. The maximum Gasteiger partial charge on any atom is 0.258 e. The van der Waals surface area contributed by atoms with Crippen molar-refractivity contribution in [3.05, 3.63) is 82.0 Å². The molecule has 0 aliphatic rings. The molecule has 0 fully saturated rings. The Morgan fingerprint density at radius 2 is 1.91 bits per heavy atom. The summed E-state index contributed by atoms with van der Waals surface area (Å²) in [5.74, 6) is 0.590. The number of aromatic nitrogens is 2. The van der Waals surface area contributed by atoms with Gasteiger partial charge in [0.25, 0.3) is 5.56 Å². The van der Waals surface area contributed by atoms with Crippen LogP contribution in [-0.2, 0) is 6.61 Å². The molecule has 0 bridgehead atoms. The molecule has 4 nitrogen and oxygen atoms in total. The van der Waals surface area contributed by atoms with E-state index >= 15 is 0 Å². The number of nitrogens with one attached hydrogen (secondary N) is 1. The van der Waals surface area contributed by atoms with Crippen LogP contribution in [0.3, 0.4) is 0 Å². The Balaban J connectivity index is 1.95. The molecule has 0 unspecified atom stereocenters. The molecule has 110 valence electrons. The highest BCUT2D eigenvalue weighted by Crippen LogP contribution is 2.31. The first kappa shape index (κ1) is 14.4. The molecule has 3 aromatic rings. The number of halogens is 1. The van der Waals surface area contributed by atoms with Gasteiger partial charge in [-0.1, -0.05) is 41.9 Å². The molecule has 3 rings (SSSR count). The van der Waals surface area contributed by atoms with E-state index in [1.165, 1.54) is 12.5 Å². The zero-order valence-electron chi connectivity index (χ0n) is 11.6. The first-order valence-electron chi connectivity index (χ1n) is 6.73. The van der Waals surface area contributed by atoms with E-state index in [0.717, 1.165) is 5.56 Å². The third kappa shape index (κ3) is 3.18. The fraction of sp³-hybridized carbons (Fsp3) is 0.0588. The second-order valence-corrected chi connectivity index (χ2v) is 5.15. The van der Waals surface area contributed by atoms with Crippen LogP contribution in [0.25, 0.3) is 11.1 Å². The van der Waals surface area contributed by atoms with Gasteiger partial charge in [0, 0.05) is 16.8 Å². The molecule has 0 spiro atoms. The van der Waals surface area contributed by atoms with E-state index < -0.39 is 0 Å². The lowest BCUT2D eigenvalue weighted by molar-refractivity contribution is 0.307. The van der Waals surface area contributed by atoms with E-state index in [2.05, 4.69) is 9.97 Å². The lowest BCUT2D eigenvalue weighted by atomic mass is 10.1. The predicted octanol–water partition coefficient (Wildman–Crippen LogP) is 3.67. The number of benzene rings is 2. The molecule has 0 radical (unpaired) electrons. The van der Waals surface area contributed by atoms with Gasteiger partial charge in [-0.15, -0.1) is 0 Å². The van der Waals surface area contributed by atoms with Crippen LogP contribution in [0.2, 0.25) is 5.02 Å². The SMILES string of the molecule is O=c1[nH]cncc1-c1cc(Cl)ccc1OCc1ccccc1. The van der Waals surface area contributed by atoms with E-state index in [-0.39, 0.29) is 5.56 Å². The van der Waals surface area contributed by atoms with E-state index in [0.29, 0.717) is 28.5 Å². The van der Waals surface area contributed by atoms with E-state index in [1.807, 2.05) is 30.3 Å². The molecule has 0 atom stereocenters. The molecule has 1 N–H and O–H groups in total. The van der Waals surface area contributed by atoms with Crippen molar-refractivity contribution in [2.75, 3.05) is 0 Å². The summed E-state index contributed by atoms with van der Waals surface area (Å²) >= 11 is 6.05. The van der Waals surface area contributed by atoms with Crippen LogP contribution in [-0.4, -0.2) is 9.97 Å². The van der Waals surface area contributed by atoms with Gasteiger partial charge >= 0.3 is 0 Å². The Hall–Kier alpha value is -2.59. The van der Waals surface area contributed by atoms with Gasteiger partial charge in [0.15, 0.2) is 0 Å². The predicted molar refractivity (Wildman–Crippen MR) is 86.1 cm³/mol.